The number of hydrogen-bond acceptors (Lipinski definition) is 5. The molecule has 0 saturated carbocycles. The molecule has 0 bridgehead atoms. The third kappa shape index (κ3) is 5.41. The lowest BCUT2D eigenvalue weighted by molar-refractivity contribution is -0.131. The number of aromatic nitrogens is 1. The van der Waals surface area contributed by atoms with Crippen molar-refractivity contribution in [2.75, 3.05) is 13.1 Å². The van der Waals surface area contributed by atoms with Gasteiger partial charge in [0.05, 0.1) is 24.2 Å². The molecule has 6 nitrogen and oxygen atoms in total. The number of thiazole rings is 1. The van der Waals surface area contributed by atoms with E-state index in [9.17, 15) is 18.4 Å². The summed E-state index contributed by atoms with van der Waals surface area (Å²) in [4.78, 5) is 29.7. The summed E-state index contributed by atoms with van der Waals surface area (Å²) in [5.41, 5.74) is 3.44. The number of rotatable bonds is 6. The van der Waals surface area contributed by atoms with Crippen molar-refractivity contribution in [3.63, 3.8) is 0 Å². The fraction of sp³-hybridized carbons (Fsp3) is 0.250. The van der Waals surface area contributed by atoms with Gasteiger partial charge >= 0.3 is 0 Å². The topological polar surface area (TPSA) is 86.1 Å². The first kappa shape index (κ1) is 22.6. The van der Waals surface area contributed by atoms with Crippen LogP contribution in [0.2, 0.25) is 0 Å². The molecule has 2 heterocycles. The molecule has 9 heteroatoms. The van der Waals surface area contributed by atoms with Gasteiger partial charge in [0.2, 0.25) is 5.91 Å². The molecule has 4 rings (SSSR count). The van der Waals surface area contributed by atoms with E-state index < -0.39 is 43.3 Å². The van der Waals surface area contributed by atoms with E-state index in [2.05, 4.69) is 10.3 Å². The number of nitriles is 1. The average molecular weight is 467 g/mol. The number of amides is 2. The van der Waals surface area contributed by atoms with Crippen molar-refractivity contribution in [3.8, 4) is 17.2 Å². The van der Waals surface area contributed by atoms with Crippen LogP contribution in [0, 0.1) is 11.3 Å². The highest BCUT2D eigenvalue weighted by Crippen LogP contribution is 2.31. The molecule has 1 atom stereocenters. The minimum atomic E-state index is -3.09. The molecular weight excluding hydrogens is 446 g/mol. The van der Waals surface area contributed by atoms with Crippen LogP contribution >= 0.6 is 11.3 Å². The molecular formula is C24H20F2N4O2S. The van der Waals surface area contributed by atoms with Crippen LogP contribution in [-0.2, 0) is 11.2 Å². The predicted molar refractivity (Wildman–Crippen MR) is 120 cm³/mol. The zero-order chi connectivity index (χ0) is 23.4. The standard InChI is InChI=1S/C24H20F2N4O2S/c25-24(26)11-19(12-27)30(15-24)22(31)13-28-23(32)20-14-33-21(29-20)10-16-6-8-18(9-7-16)17-4-2-1-3-5-17/h1-9,14,19H,10-11,13,15H2,(H,28,32)/t19-/m0/s1. The summed E-state index contributed by atoms with van der Waals surface area (Å²) in [6, 6.07) is 18.6. The Kier molecular flexibility index (Phi) is 6.47. The van der Waals surface area contributed by atoms with Crippen LogP contribution < -0.4 is 5.32 Å². The number of halogens is 2. The molecule has 0 spiro atoms. The fourth-order valence-corrected chi connectivity index (χ4v) is 4.47. The molecule has 1 saturated heterocycles. The largest absolute Gasteiger partial charge is 0.342 e. The Hall–Kier alpha value is -3.64. The van der Waals surface area contributed by atoms with E-state index in [1.54, 1.807) is 11.4 Å². The second-order valence-electron chi connectivity index (χ2n) is 7.78. The molecule has 0 unspecified atom stereocenters. The van der Waals surface area contributed by atoms with Gasteiger partial charge in [0.25, 0.3) is 11.8 Å². The molecule has 168 valence electrons. The van der Waals surface area contributed by atoms with Crippen LogP contribution in [-0.4, -0.2) is 46.8 Å². The van der Waals surface area contributed by atoms with Crippen LogP contribution in [0.5, 0.6) is 0 Å². The van der Waals surface area contributed by atoms with E-state index in [1.165, 1.54) is 11.3 Å². The molecule has 1 aromatic heterocycles. The first-order valence-electron chi connectivity index (χ1n) is 10.3. The van der Waals surface area contributed by atoms with Crippen LogP contribution in [0.3, 0.4) is 0 Å². The second kappa shape index (κ2) is 9.46. The summed E-state index contributed by atoms with van der Waals surface area (Å²) in [5, 5.41) is 13.7. The average Bonchev–Trinajstić information content (AvgIpc) is 3.41. The van der Waals surface area contributed by atoms with Crippen molar-refractivity contribution in [3.05, 3.63) is 76.2 Å². The Morgan fingerprint density at radius 3 is 2.55 bits per heavy atom. The third-order valence-corrected chi connectivity index (χ3v) is 6.19. The zero-order valence-corrected chi connectivity index (χ0v) is 18.3. The Morgan fingerprint density at radius 2 is 1.85 bits per heavy atom. The van der Waals surface area contributed by atoms with Gasteiger partial charge in [-0.2, -0.15) is 5.26 Å². The van der Waals surface area contributed by atoms with Crippen LogP contribution in [0.25, 0.3) is 11.1 Å². The Labute approximate surface area is 193 Å². The minimum Gasteiger partial charge on any atom is -0.342 e. The zero-order valence-electron chi connectivity index (χ0n) is 17.5. The van der Waals surface area contributed by atoms with E-state index in [0.29, 0.717) is 6.42 Å². The summed E-state index contributed by atoms with van der Waals surface area (Å²) in [6.45, 7) is -1.29. The SMILES string of the molecule is N#C[C@@H]1CC(F)(F)CN1C(=O)CNC(=O)c1csc(Cc2ccc(-c3ccccc3)cc2)n1. The summed E-state index contributed by atoms with van der Waals surface area (Å²) in [5.74, 6) is -4.38. The van der Waals surface area contributed by atoms with Crippen molar-refractivity contribution < 1.29 is 18.4 Å². The summed E-state index contributed by atoms with van der Waals surface area (Å²) >= 11 is 1.33. The van der Waals surface area contributed by atoms with Crippen molar-refractivity contribution >= 4 is 23.2 Å². The molecule has 33 heavy (non-hydrogen) atoms. The molecule has 1 aliphatic rings. The van der Waals surface area contributed by atoms with Gasteiger partial charge in [-0.25, -0.2) is 13.8 Å². The monoisotopic (exact) mass is 466 g/mol. The van der Waals surface area contributed by atoms with Gasteiger partial charge in [0, 0.05) is 18.2 Å². The summed E-state index contributed by atoms with van der Waals surface area (Å²) < 4.78 is 27.0. The number of benzene rings is 2. The number of alkyl halides is 2. The van der Waals surface area contributed by atoms with E-state index in [1.807, 2.05) is 54.6 Å². The van der Waals surface area contributed by atoms with Gasteiger partial charge in [-0.15, -0.1) is 11.3 Å². The maximum Gasteiger partial charge on any atom is 0.271 e. The Balaban J connectivity index is 1.32. The predicted octanol–water partition coefficient (Wildman–Crippen LogP) is 3.89. The van der Waals surface area contributed by atoms with Crippen molar-refractivity contribution in [1.82, 2.24) is 15.2 Å². The summed E-state index contributed by atoms with van der Waals surface area (Å²) in [6.07, 6.45) is -0.135. The lowest BCUT2D eigenvalue weighted by atomic mass is 10.0. The van der Waals surface area contributed by atoms with Gasteiger partial charge in [-0.05, 0) is 16.7 Å². The van der Waals surface area contributed by atoms with Gasteiger partial charge in [0.15, 0.2) is 0 Å². The Morgan fingerprint density at radius 1 is 1.15 bits per heavy atom. The van der Waals surface area contributed by atoms with E-state index >= 15 is 0 Å². The lowest BCUT2D eigenvalue weighted by Gasteiger charge is -2.19. The highest BCUT2D eigenvalue weighted by Gasteiger charge is 2.47. The summed E-state index contributed by atoms with van der Waals surface area (Å²) in [7, 11) is 0. The van der Waals surface area contributed by atoms with Gasteiger partial charge in [-0.1, -0.05) is 54.6 Å². The maximum atomic E-state index is 13.5. The molecule has 1 N–H and O–H groups in total. The number of nitrogens with zero attached hydrogens (tertiary/aromatic N) is 3. The van der Waals surface area contributed by atoms with E-state index in [4.69, 9.17) is 5.26 Å². The molecule has 2 amide bonds. The fourth-order valence-electron chi connectivity index (χ4n) is 3.66. The molecule has 0 aliphatic carbocycles. The minimum absolute atomic E-state index is 0.160. The first-order valence-corrected chi connectivity index (χ1v) is 11.2. The second-order valence-corrected chi connectivity index (χ2v) is 8.72. The quantitative estimate of drug-likeness (QED) is 0.597. The molecule has 1 fully saturated rings. The van der Waals surface area contributed by atoms with Crippen molar-refractivity contribution in [1.29, 1.82) is 5.26 Å². The third-order valence-electron chi connectivity index (χ3n) is 5.34. The number of hydrogen-bond donors (Lipinski definition) is 1. The van der Waals surface area contributed by atoms with E-state index in [0.717, 1.165) is 26.6 Å². The van der Waals surface area contributed by atoms with Gasteiger partial charge in [0.1, 0.15) is 11.7 Å². The number of likely N-dealkylation sites (tertiary alicyclic amines) is 1. The molecule has 3 aromatic rings. The number of carbonyl (C=O) groups excluding carboxylic acids is 2. The first-order chi connectivity index (χ1) is 15.8. The lowest BCUT2D eigenvalue weighted by Crippen LogP contribution is -2.43. The van der Waals surface area contributed by atoms with E-state index in [-0.39, 0.29) is 5.69 Å². The van der Waals surface area contributed by atoms with Crippen molar-refractivity contribution in [2.24, 2.45) is 0 Å². The van der Waals surface area contributed by atoms with Crippen LogP contribution in [0.4, 0.5) is 8.78 Å². The molecule has 2 aromatic carbocycles. The highest BCUT2D eigenvalue weighted by molar-refractivity contribution is 7.09. The van der Waals surface area contributed by atoms with Gasteiger partial charge < -0.3 is 10.2 Å². The van der Waals surface area contributed by atoms with Crippen molar-refractivity contribution in [2.45, 2.75) is 24.8 Å². The smallest absolute Gasteiger partial charge is 0.271 e. The maximum absolute atomic E-state index is 13.5. The number of nitrogens with one attached hydrogen (secondary N) is 1. The number of carbonyl (C=O) groups is 2. The highest BCUT2D eigenvalue weighted by atomic mass is 32.1. The molecule has 0 radical (unpaired) electrons. The molecule has 1 aliphatic heterocycles. The Bertz CT molecular complexity index is 1190. The normalized spacial score (nSPS) is 16.9. The van der Waals surface area contributed by atoms with Crippen LogP contribution in [0.15, 0.2) is 60.0 Å². The van der Waals surface area contributed by atoms with Crippen LogP contribution in [0.1, 0.15) is 27.5 Å². The van der Waals surface area contributed by atoms with Gasteiger partial charge in [-0.3, -0.25) is 9.59 Å².